The van der Waals surface area contributed by atoms with Crippen molar-refractivity contribution in [2.45, 2.75) is 83.8 Å². The van der Waals surface area contributed by atoms with Crippen molar-refractivity contribution in [3.8, 4) is 11.5 Å². The maximum Gasteiger partial charge on any atom is 0.243 e. The molecule has 2 aromatic rings. The van der Waals surface area contributed by atoms with Crippen molar-refractivity contribution in [1.82, 2.24) is 16.0 Å². The molecule has 3 atom stereocenters. The summed E-state index contributed by atoms with van der Waals surface area (Å²) >= 11 is 0. The van der Waals surface area contributed by atoms with Gasteiger partial charge in [0.2, 0.25) is 17.7 Å². The number of amides is 3. The topological polar surface area (TPSA) is 145 Å². The average molecular weight is 540 g/mol. The Morgan fingerprint density at radius 2 is 1.33 bits per heavy atom. The molecule has 0 aromatic heterocycles. The highest BCUT2D eigenvalue weighted by atomic mass is 16.3. The zero-order chi connectivity index (χ0) is 28.8. The van der Waals surface area contributed by atoms with Crippen LogP contribution in [-0.2, 0) is 32.0 Å². The molecule has 0 aliphatic heterocycles. The summed E-state index contributed by atoms with van der Waals surface area (Å²) < 4.78 is 0. The lowest BCUT2D eigenvalue weighted by molar-refractivity contribution is -0.133. The molecule has 2 aromatic carbocycles. The summed E-state index contributed by atoms with van der Waals surface area (Å²) in [5, 5.41) is 27.3. The van der Waals surface area contributed by atoms with Gasteiger partial charge in [-0.15, -0.1) is 0 Å². The summed E-state index contributed by atoms with van der Waals surface area (Å²) in [7, 11) is 0. The lowest BCUT2D eigenvalue weighted by Crippen LogP contribution is -2.57. The zero-order valence-corrected chi connectivity index (χ0v) is 23.0. The second kappa shape index (κ2) is 16.2. The molecule has 0 aliphatic rings. The van der Waals surface area contributed by atoms with Gasteiger partial charge in [0.25, 0.3) is 0 Å². The van der Waals surface area contributed by atoms with Crippen LogP contribution in [0, 0.1) is 5.92 Å². The Bertz CT molecular complexity index is 1070. The van der Waals surface area contributed by atoms with Gasteiger partial charge in [0.1, 0.15) is 29.9 Å². The Labute approximate surface area is 230 Å². The molecule has 0 aliphatic carbocycles. The minimum atomic E-state index is -0.941. The summed E-state index contributed by atoms with van der Waals surface area (Å²) in [4.78, 5) is 50.8. The van der Waals surface area contributed by atoms with E-state index in [9.17, 15) is 29.4 Å². The number of phenols is 2. The van der Waals surface area contributed by atoms with Crippen LogP contribution in [0.1, 0.15) is 64.0 Å². The second-order valence-corrected chi connectivity index (χ2v) is 10.2. The van der Waals surface area contributed by atoms with E-state index in [1.165, 1.54) is 24.3 Å². The predicted molar refractivity (Wildman–Crippen MR) is 149 cm³/mol. The molecule has 0 unspecified atom stereocenters. The number of nitrogens with one attached hydrogen (secondary N) is 3. The minimum Gasteiger partial charge on any atom is -0.508 e. The minimum absolute atomic E-state index is 0.0910. The number of unbranched alkanes of at least 4 members (excludes halogenated alkanes) is 3. The molecule has 2 rings (SSSR count). The smallest absolute Gasteiger partial charge is 0.243 e. The van der Waals surface area contributed by atoms with Gasteiger partial charge in [-0.2, -0.15) is 0 Å². The quantitative estimate of drug-likeness (QED) is 0.164. The van der Waals surface area contributed by atoms with Gasteiger partial charge in [0.15, 0.2) is 0 Å². The van der Waals surface area contributed by atoms with Crippen LogP contribution in [0.15, 0.2) is 48.5 Å². The molecule has 9 heteroatoms. The Morgan fingerprint density at radius 3 is 1.85 bits per heavy atom. The first-order chi connectivity index (χ1) is 18.6. The van der Waals surface area contributed by atoms with Gasteiger partial charge in [-0.05, 0) is 54.2 Å². The molecular formula is C30H41N3O6. The number of aldehydes is 1. The van der Waals surface area contributed by atoms with Crippen LogP contribution in [0.25, 0.3) is 0 Å². The van der Waals surface area contributed by atoms with Crippen molar-refractivity contribution < 1.29 is 29.4 Å². The summed E-state index contributed by atoms with van der Waals surface area (Å²) in [6.07, 6.45) is 5.07. The molecule has 212 valence electrons. The summed E-state index contributed by atoms with van der Waals surface area (Å²) in [6, 6.07) is 10.0. The third-order valence-corrected chi connectivity index (χ3v) is 6.42. The van der Waals surface area contributed by atoms with Gasteiger partial charge >= 0.3 is 0 Å². The normalized spacial score (nSPS) is 13.2. The van der Waals surface area contributed by atoms with Crippen LogP contribution < -0.4 is 16.0 Å². The maximum absolute atomic E-state index is 13.4. The molecule has 9 nitrogen and oxygen atoms in total. The maximum atomic E-state index is 13.4. The standard InChI is InChI=1S/C30H41N3O6/c1-4-5-6-7-8-27(37)32-26(18-22-11-15-25(36)16-12-22)29(38)33-28(20(2)3)30(39)31-23(19-34)17-21-9-13-24(35)14-10-21/h9-16,19-20,23,26,28,35-36H,4-8,17-18H2,1-3H3,(H,31,39)(H,32,37)(H,33,38)/t23-,26-,28-/m0/s1. The summed E-state index contributed by atoms with van der Waals surface area (Å²) in [5.74, 6) is -1.38. The van der Waals surface area contributed by atoms with Crippen LogP contribution in [0.3, 0.4) is 0 Å². The molecule has 0 heterocycles. The van der Waals surface area contributed by atoms with Crippen molar-refractivity contribution in [2.24, 2.45) is 5.92 Å². The van der Waals surface area contributed by atoms with E-state index in [0.29, 0.717) is 12.7 Å². The van der Waals surface area contributed by atoms with Gasteiger partial charge in [-0.3, -0.25) is 14.4 Å². The summed E-state index contributed by atoms with van der Waals surface area (Å²) in [6.45, 7) is 5.65. The molecule has 5 N–H and O–H groups in total. The van der Waals surface area contributed by atoms with E-state index in [1.807, 2.05) is 0 Å². The Balaban J connectivity index is 2.11. The molecule has 39 heavy (non-hydrogen) atoms. The largest absolute Gasteiger partial charge is 0.508 e. The van der Waals surface area contributed by atoms with E-state index in [4.69, 9.17) is 0 Å². The molecule has 0 saturated heterocycles. The van der Waals surface area contributed by atoms with Gasteiger partial charge in [-0.1, -0.05) is 64.3 Å². The fraction of sp³-hybridized carbons (Fsp3) is 0.467. The second-order valence-electron chi connectivity index (χ2n) is 10.2. The molecular weight excluding hydrogens is 498 g/mol. The zero-order valence-electron chi connectivity index (χ0n) is 23.0. The first-order valence-electron chi connectivity index (χ1n) is 13.5. The number of phenolic OH excluding ortho intramolecular Hbond substituents is 2. The van der Waals surface area contributed by atoms with E-state index in [-0.39, 0.29) is 36.2 Å². The first kappa shape index (κ1) is 31.3. The molecule has 0 bridgehead atoms. The monoisotopic (exact) mass is 539 g/mol. The summed E-state index contributed by atoms with van der Waals surface area (Å²) in [5.41, 5.74) is 1.49. The average Bonchev–Trinajstić information content (AvgIpc) is 2.91. The van der Waals surface area contributed by atoms with Gasteiger partial charge in [0.05, 0.1) is 6.04 Å². The lowest BCUT2D eigenvalue weighted by atomic mass is 9.99. The van der Waals surface area contributed by atoms with Crippen LogP contribution in [0.5, 0.6) is 11.5 Å². The van der Waals surface area contributed by atoms with Crippen molar-refractivity contribution in [2.75, 3.05) is 0 Å². The Morgan fingerprint density at radius 1 is 0.769 bits per heavy atom. The lowest BCUT2D eigenvalue weighted by Gasteiger charge is -2.26. The number of carbonyl (C=O) groups is 4. The third kappa shape index (κ3) is 11.2. The van der Waals surface area contributed by atoms with E-state index in [0.717, 1.165) is 36.8 Å². The number of benzene rings is 2. The van der Waals surface area contributed by atoms with Crippen molar-refractivity contribution in [3.63, 3.8) is 0 Å². The van der Waals surface area contributed by atoms with Crippen molar-refractivity contribution in [1.29, 1.82) is 0 Å². The number of aromatic hydroxyl groups is 2. The number of carbonyl (C=O) groups excluding carboxylic acids is 4. The highest BCUT2D eigenvalue weighted by molar-refractivity contribution is 5.93. The van der Waals surface area contributed by atoms with Crippen molar-refractivity contribution in [3.05, 3.63) is 59.7 Å². The Hall–Kier alpha value is -3.88. The van der Waals surface area contributed by atoms with Gasteiger partial charge < -0.3 is 31.0 Å². The van der Waals surface area contributed by atoms with Crippen LogP contribution >= 0.6 is 0 Å². The number of hydrogen-bond donors (Lipinski definition) is 5. The van der Waals surface area contributed by atoms with E-state index < -0.39 is 29.9 Å². The van der Waals surface area contributed by atoms with Crippen LogP contribution in [-0.4, -0.2) is 52.3 Å². The molecule has 0 fully saturated rings. The van der Waals surface area contributed by atoms with Crippen LogP contribution in [0.2, 0.25) is 0 Å². The highest BCUT2D eigenvalue weighted by Gasteiger charge is 2.30. The third-order valence-electron chi connectivity index (χ3n) is 6.42. The van der Waals surface area contributed by atoms with Gasteiger partial charge in [-0.25, -0.2) is 0 Å². The SMILES string of the molecule is CCCCCCC(=O)N[C@@H](Cc1ccc(O)cc1)C(=O)N[C@H](C(=O)N[C@H](C=O)Cc1ccc(O)cc1)C(C)C. The number of hydrogen-bond acceptors (Lipinski definition) is 6. The number of rotatable bonds is 16. The van der Waals surface area contributed by atoms with Crippen molar-refractivity contribution >= 4 is 24.0 Å². The van der Waals surface area contributed by atoms with Gasteiger partial charge in [0, 0.05) is 12.8 Å². The highest BCUT2D eigenvalue weighted by Crippen LogP contribution is 2.14. The first-order valence-corrected chi connectivity index (χ1v) is 13.5. The fourth-order valence-corrected chi connectivity index (χ4v) is 4.14. The van der Waals surface area contributed by atoms with Crippen LogP contribution in [0.4, 0.5) is 0 Å². The molecule has 0 radical (unpaired) electrons. The Kier molecular flexibility index (Phi) is 13.0. The van der Waals surface area contributed by atoms with E-state index >= 15 is 0 Å². The fourth-order valence-electron chi connectivity index (χ4n) is 4.14. The molecule has 0 saturated carbocycles. The molecule has 3 amide bonds. The van der Waals surface area contributed by atoms with E-state index in [2.05, 4.69) is 22.9 Å². The predicted octanol–water partition coefficient (Wildman–Crippen LogP) is 3.16. The van der Waals surface area contributed by atoms with E-state index in [1.54, 1.807) is 38.1 Å². The molecule has 0 spiro atoms.